The minimum atomic E-state index is -0.216. The summed E-state index contributed by atoms with van der Waals surface area (Å²) in [6.07, 6.45) is 6.34. The molecule has 1 atom stereocenters. The molecule has 0 saturated carbocycles. The maximum atomic E-state index is 5.42. The minimum absolute atomic E-state index is 0.0699. The molecule has 1 heteroatoms. The highest BCUT2D eigenvalue weighted by Crippen LogP contribution is 2.09. The van der Waals surface area contributed by atoms with E-state index in [1.165, 1.54) is 0 Å². The summed E-state index contributed by atoms with van der Waals surface area (Å²) in [5, 5.41) is 3.26. The molecule has 1 nitrogen and oxygen atoms in total. The first-order chi connectivity index (χ1) is 6.33. The Hall–Kier alpha value is -0.920. The zero-order chi connectivity index (χ0) is 11.2. The Bertz CT molecular complexity index is 266. The van der Waals surface area contributed by atoms with Crippen molar-refractivity contribution in [3.8, 4) is 24.2 Å². The third-order valence-corrected chi connectivity index (χ3v) is 2.06. The molecule has 0 aliphatic rings. The molecule has 1 N–H and O–H groups in total. The van der Waals surface area contributed by atoms with Gasteiger partial charge in [0.05, 0.1) is 12.1 Å². The number of rotatable bonds is 3. The smallest absolute Gasteiger partial charge is 0.0774 e. The molecule has 1 unspecified atom stereocenters. The lowest BCUT2D eigenvalue weighted by atomic mass is 9.98. The van der Waals surface area contributed by atoms with E-state index in [1.54, 1.807) is 0 Å². The molecule has 0 aromatic rings. The van der Waals surface area contributed by atoms with Crippen molar-refractivity contribution in [2.75, 3.05) is 6.54 Å². The van der Waals surface area contributed by atoms with Gasteiger partial charge in [0.2, 0.25) is 0 Å². The maximum absolute atomic E-state index is 5.42. The number of nitrogens with one attached hydrogen (secondary N) is 1. The molecule has 0 fully saturated rings. The van der Waals surface area contributed by atoms with Crippen LogP contribution < -0.4 is 5.32 Å². The Morgan fingerprint density at radius 3 is 2.14 bits per heavy atom. The van der Waals surface area contributed by atoms with Crippen molar-refractivity contribution < 1.29 is 0 Å². The van der Waals surface area contributed by atoms with E-state index in [4.69, 9.17) is 6.42 Å². The largest absolute Gasteiger partial charge is 0.290 e. The van der Waals surface area contributed by atoms with Gasteiger partial charge in [-0.25, -0.2) is 0 Å². The normalized spacial score (nSPS) is 14.9. The number of hydrogen-bond acceptors (Lipinski definition) is 1. The van der Waals surface area contributed by atoms with E-state index in [-0.39, 0.29) is 11.0 Å². The van der Waals surface area contributed by atoms with Crippen LogP contribution in [-0.2, 0) is 0 Å². The van der Waals surface area contributed by atoms with Crippen molar-refractivity contribution >= 4 is 0 Å². The van der Waals surface area contributed by atoms with Crippen LogP contribution in [-0.4, -0.2) is 12.1 Å². The molecular formula is C13H21N. The molecular weight excluding hydrogens is 170 g/mol. The van der Waals surface area contributed by atoms with E-state index >= 15 is 0 Å². The van der Waals surface area contributed by atoms with Crippen LogP contribution in [0.4, 0.5) is 0 Å². The van der Waals surface area contributed by atoms with Crippen molar-refractivity contribution in [2.24, 2.45) is 5.41 Å². The van der Waals surface area contributed by atoms with Gasteiger partial charge in [0, 0.05) is 5.41 Å². The summed E-state index contributed by atoms with van der Waals surface area (Å²) in [7, 11) is 0. The summed E-state index contributed by atoms with van der Waals surface area (Å²) in [5.74, 6) is 9.00. The first-order valence-electron chi connectivity index (χ1n) is 5.06. The van der Waals surface area contributed by atoms with Gasteiger partial charge in [-0.2, -0.15) is 0 Å². The highest BCUT2D eigenvalue weighted by atomic mass is 14.9. The molecule has 14 heavy (non-hydrogen) atoms. The minimum Gasteiger partial charge on any atom is -0.290 e. The molecule has 0 aliphatic carbocycles. The van der Waals surface area contributed by atoms with Crippen LogP contribution in [0.3, 0.4) is 0 Å². The van der Waals surface area contributed by atoms with Crippen molar-refractivity contribution in [1.82, 2.24) is 5.32 Å². The van der Waals surface area contributed by atoms with Crippen LogP contribution in [0.25, 0.3) is 0 Å². The Kier molecular flexibility index (Phi) is 4.75. The predicted molar refractivity (Wildman–Crippen MR) is 62.8 cm³/mol. The summed E-state index contributed by atoms with van der Waals surface area (Å²) < 4.78 is 0. The molecule has 0 heterocycles. The SMILES string of the molecule is C#CC(C)(CC)NCC#CC(C)(C)C. The monoisotopic (exact) mass is 191 g/mol. The second-order valence-electron chi connectivity index (χ2n) is 4.74. The van der Waals surface area contributed by atoms with Crippen molar-refractivity contribution in [2.45, 2.75) is 46.6 Å². The van der Waals surface area contributed by atoms with Crippen LogP contribution >= 0.6 is 0 Å². The Balaban J connectivity index is 4.07. The van der Waals surface area contributed by atoms with Gasteiger partial charge in [0.15, 0.2) is 0 Å². The highest BCUT2D eigenvalue weighted by molar-refractivity contribution is 5.14. The van der Waals surface area contributed by atoms with Gasteiger partial charge in [-0.05, 0) is 34.1 Å². The Morgan fingerprint density at radius 2 is 1.79 bits per heavy atom. The molecule has 0 bridgehead atoms. The molecule has 0 aliphatic heterocycles. The van der Waals surface area contributed by atoms with Gasteiger partial charge in [0.25, 0.3) is 0 Å². The third-order valence-electron chi connectivity index (χ3n) is 2.06. The second-order valence-corrected chi connectivity index (χ2v) is 4.74. The highest BCUT2D eigenvalue weighted by Gasteiger charge is 2.16. The lowest BCUT2D eigenvalue weighted by molar-refractivity contribution is 0.465. The van der Waals surface area contributed by atoms with Crippen LogP contribution in [0, 0.1) is 29.6 Å². The Morgan fingerprint density at radius 1 is 1.21 bits per heavy atom. The zero-order valence-corrected chi connectivity index (χ0v) is 9.99. The molecule has 0 amide bonds. The third kappa shape index (κ3) is 5.68. The van der Waals surface area contributed by atoms with Crippen LogP contribution in [0.1, 0.15) is 41.0 Å². The van der Waals surface area contributed by atoms with Gasteiger partial charge >= 0.3 is 0 Å². The fourth-order valence-corrected chi connectivity index (χ4v) is 0.827. The standard InChI is InChI=1S/C13H21N/c1-7-13(6,8-2)14-11-9-10-12(3,4)5/h1,14H,8,11H2,2-6H3. The van der Waals surface area contributed by atoms with Crippen molar-refractivity contribution in [3.63, 3.8) is 0 Å². The fourth-order valence-electron chi connectivity index (χ4n) is 0.827. The van der Waals surface area contributed by atoms with E-state index in [2.05, 4.69) is 50.8 Å². The van der Waals surface area contributed by atoms with E-state index < -0.39 is 0 Å². The van der Waals surface area contributed by atoms with Gasteiger partial charge in [-0.3, -0.25) is 5.32 Å². The van der Waals surface area contributed by atoms with Gasteiger partial charge in [-0.1, -0.05) is 24.7 Å². The molecule has 0 rings (SSSR count). The lowest BCUT2D eigenvalue weighted by Gasteiger charge is -2.21. The topological polar surface area (TPSA) is 12.0 Å². The molecule has 0 aromatic heterocycles. The fraction of sp³-hybridized carbons (Fsp3) is 0.692. The first-order valence-corrected chi connectivity index (χ1v) is 5.06. The van der Waals surface area contributed by atoms with Gasteiger partial charge in [-0.15, -0.1) is 6.42 Å². The van der Waals surface area contributed by atoms with Gasteiger partial charge in [0.1, 0.15) is 0 Å². The average molecular weight is 191 g/mol. The summed E-state index contributed by atoms with van der Waals surface area (Å²) in [6.45, 7) is 11.0. The van der Waals surface area contributed by atoms with Crippen LogP contribution in [0.5, 0.6) is 0 Å². The van der Waals surface area contributed by atoms with E-state index in [9.17, 15) is 0 Å². The summed E-state index contributed by atoms with van der Waals surface area (Å²) in [6, 6.07) is 0. The first kappa shape index (κ1) is 13.1. The summed E-state index contributed by atoms with van der Waals surface area (Å²) in [5.41, 5.74) is -0.146. The number of terminal acetylenes is 1. The Labute approximate surface area is 88.7 Å². The molecule has 0 radical (unpaired) electrons. The molecule has 78 valence electrons. The van der Waals surface area contributed by atoms with Crippen molar-refractivity contribution in [3.05, 3.63) is 0 Å². The molecule has 0 aromatic carbocycles. The molecule has 0 saturated heterocycles. The van der Waals surface area contributed by atoms with Gasteiger partial charge < -0.3 is 0 Å². The number of hydrogen-bond donors (Lipinski definition) is 1. The molecule has 0 spiro atoms. The summed E-state index contributed by atoms with van der Waals surface area (Å²) >= 11 is 0. The maximum Gasteiger partial charge on any atom is 0.0774 e. The predicted octanol–water partition coefficient (Wildman–Crippen LogP) is 2.43. The zero-order valence-electron chi connectivity index (χ0n) is 9.99. The van der Waals surface area contributed by atoms with Crippen LogP contribution in [0.15, 0.2) is 0 Å². The van der Waals surface area contributed by atoms with Crippen molar-refractivity contribution in [1.29, 1.82) is 0 Å². The van der Waals surface area contributed by atoms with E-state index in [0.29, 0.717) is 6.54 Å². The van der Waals surface area contributed by atoms with E-state index in [0.717, 1.165) is 6.42 Å². The van der Waals surface area contributed by atoms with Crippen LogP contribution in [0.2, 0.25) is 0 Å². The second kappa shape index (κ2) is 5.08. The van der Waals surface area contributed by atoms with E-state index in [1.807, 2.05) is 6.92 Å². The quantitative estimate of drug-likeness (QED) is 0.676. The average Bonchev–Trinajstić information content (AvgIpc) is 2.11. The lowest BCUT2D eigenvalue weighted by Crippen LogP contribution is -2.40. The summed E-state index contributed by atoms with van der Waals surface area (Å²) in [4.78, 5) is 0.